The van der Waals surface area contributed by atoms with Crippen LogP contribution in [-0.2, 0) is 5.60 Å². The zero-order valence-corrected chi connectivity index (χ0v) is 17.2. The second-order valence-electron chi connectivity index (χ2n) is 8.16. The summed E-state index contributed by atoms with van der Waals surface area (Å²) in [4.78, 5) is 2.52. The molecule has 1 saturated heterocycles. The van der Waals surface area contributed by atoms with Crippen molar-refractivity contribution in [2.75, 3.05) is 18.0 Å². The summed E-state index contributed by atoms with van der Waals surface area (Å²) >= 11 is 0. The summed E-state index contributed by atoms with van der Waals surface area (Å²) in [7, 11) is 0. The second-order valence-corrected chi connectivity index (χ2v) is 8.16. The Kier molecular flexibility index (Phi) is 4.43. The molecule has 0 bridgehead atoms. The molecule has 0 N–H and O–H groups in total. The topological polar surface area (TPSA) is 12.5 Å². The van der Waals surface area contributed by atoms with Crippen molar-refractivity contribution in [2.45, 2.75) is 32.3 Å². The summed E-state index contributed by atoms with van der Waals surface area (Å²) in [5, 5.41) is 0. The van der Waals surface area contributed by atoms with E-state index in [0.29, 0.717) is 0 Å². The predicted molar refractivity (Wildman–Crippen MR) is 121 cm³/mol. The van der Waals surface area contributed by atoms with E-state index in [2.05, 4.69) is 97.6 Å². The van der Waals surface area contributed by atoms with Crippen molar-refractivity contribution in [3.63, 3.8) is 0 Å². The van der Waals surface area contributed by atoms with Gasteiger partial charge in [-0.3, -0.25) is 0 Å². The Bertz CT molecular complexity index is 1010. The summed E-state index contributed by atoms with van der Waals surface area (Å²) in [5.74, 6) is 1.00. The van der Waals surface area contributed by atoms with Gasteiger partial charge in [-0.05, 0) is 50.0 Å². The SMILES string of the molecule is Cc1c(N2CCCC2)cc2c(c1C)OC(c1ccccc1)(c1ccccc1)C=C2. The normalized spacial score (nSPS) is 17.1. The zero-order chi connectivity index (χ0) is 19.8. The molecule has 0 aliphatic carbocycles. The number of fused-ring (bicyclic) bond motifs is 1. The molecule has 146 valence electrons. The van der Waals surface area contributed by atoms with E-state index in [0.717, 1.165) is 30.0 Å². The van der Waals surface area contributed by atoms with Crippen molar-refractivity contribution in [3.8, 4) is 5.75 Å². The van der Waals surface area contributed by atoms with Crippen molar-refractivity contribution in [3.05, 3.63) is 101 Å². The fourth-order valence-electron chi connectivity index (χ4n) is 4.70. The van der Waals surface area contributed by atoms with Gasteiger partial charge >= 0.3 is 0 Å². The molecule has 3 aromatic rings. The minimum atomic E-state index is -0.609. The number of benzene rings is 3. The Morgan fingerprint density at radius 2 is 1.38 bits per heavy atom. The van der Waals surface area contributed by atoms with Crippen LogP contribution in [0.3, 0.4) is 0 Å². The molecule has 2 aliphatic rings. The summed E-state index contributed by atoms with van der Waals surface area (Å²) in [6.45, 7) is 6.74. The van der Waals surface area contributed by atoms with E-state index in [1.54, 1.807) is 0 Å². The van der Waals surface area contributed by atoms with E-state index in [9.17, 15) is 0 Å². The smallest absolute Gasteiger partial charge is 0.178 e. The summed E-state index contributed by atoms with van der Waals surface area (Å²) in [5.41, 5.74) is 6.79. The number of hydrogen-bond donors (Lipinski definition) is 0. The fourth-order valence-corrected chi connectivity index (χ4v) is 4.70. The maximum atomic E-state index is 6.92. The van der Waals surface area contributed by atoms with Gasteiger partial charge in [0.05, 0.1) is 0 Å². The van der Waals surface area contributed by atoms with Gasteiger partial charge in [-0.25, -0.2) is 0 Å². The average Bonchev–Trinajstić information content (AvgIpc) is 3.32. The van der Waals surface area contributed by atoms with E-state index in [1.807, 2.05) is 0 Å². The van der Waals surface area contributed by atoms with Crippen molar-refractivity contribution >= 4 is 11.8 Å². The first-order chi connectivity index (χ1) is 14.2. The van der Waals surface area contributed by atoms with Gasteiger partial charge < -0.3 is 9.64 Å². The maximum absolute atomic E-state index is 6.92. The molecule has 2 heteroatoms. The van der Waals surface area contributed by atoms with E-state index < -0.39 is 5.60 Å². The second kappa shape index (κ2) is 7.11. The van der Waals surface area contributed by atoms with E-state index in [-0.39, 0.29) is 0 Å². The molecule has 5 rings (SSSR count). The maximum Gasteiger partial charge on any atom is 0.178 e. The molecular weight excluding hydrogens is 354 g/mol. The largest absolute Gasteiger partial charge is 0.473 e. The minimum Gasteiger partial charge on any atom is -0.473 e. The quantitative estimate of drug-likeness (QED) is 0.531. The van der Waals surface area contributed by atoms with Crippen LogP contribution in [-0.4, -0.2) is 13.1 Å². The highest BCUT2D eigenvalue weighted by molar-refractivity contribution is 5.74. The number of hydrogen-bond acceptors (Lipinski definition) is 2. The highest BCUT2D eigenvalue weighted by atomic mass is 16.5. The Labute approximate surface area is 173 Å². The van der Waals surface area contributed by atoms with Gasteiger partial charge in [-0.1, -0.05) is 66.7 Å². The molecule has 2 nitrogen and oxygen atoms in total. The van der Waals surface area contributed by atoms with Crippen LogP contribution in [0.4, 0.5) is 5.69 Å². The van der Waals surface area contributed by atoms with Gasteiger partial charge in [-0.2, -0.15) is 0 Å². The monoisotopic (exact) mass is 381 g/mol. The average molecular weight is 382 g/mol. The lowest BCUT2D eigenvalue weighted by Gasteiger charge is -2.37. The van der Waals surface area contributed by atoms with E-state index in [4.69, 9.17) is 4.74 Å². The molecule has 0 saturated carbocycles. The van der Waals surface area contributed by atoms with Crippen molar-refractivity contribution < 1.29 is 4.74 Å². The molecule has 0 radical (unpaired) electrons. The predicted octanol–water partition coefficient (Wildman–Crippen LogP) is 6.25. The molecule has 29 heavy (non-hydrogen) atoms. The van der Waals surface area contributed by atoms with Gasteiger partial charge in [0.25, 0.3) is 0 Å². The summed E-state index contributed by atoms with van der Waals surface area (Å²) < 4.78 is 6.92. The molecule has 1 fully saturated rings. The number of nitrogens with zero attached hydrogens (tertiary/aromatic N) is 1. The summed E-state index contributed by atoms with van der Waals surface area (Å²) in [6, 6.07) is 23.4. The van der Waals surface area contributed by atoms with Crippen LogP contribution < -0.4 is 9.64 Å². The Morgan fingerprint density at radius 1 is 0.793 bits per heavy atom. The Hall–Kier alpha value is -3.00. The lowest BCUT2D eigenvalue weighted by Crippen LogP contribution is -2.34. The molecule has 0 atom stereocenters. The van der Waals surface area contributed by atoms with Gasteiger partial charge in [-0.15, -0.1) is 0 Å². The lowest BCUT2D eigenvalue weighted by atomic mass is 9.83. The van der Waals surface area contributed by atoms with Crippen LogP contribution in [0.1, 0.15) is 40.7 Å². The van der Waals surface area contributed by atoms with Crippen molar-refractivity contribution in [2.24, 2.45) is 0 Å². The fraction of sp³-hybridized carbons (Fsp3) is 0.259. The Balaban J connectivity index is 1.67. The standard InChI is InChI=1S/C27H27NO/c1-20-21(2)26-22(19-25(20)28-17-9-10-18-28)15-16-27(29-26,23-11-5-3-6-12-23)24-13-7-4-8-14-24/h3-8,11-16,19H,9-10,17-18H2,1-2H3. The third kappa shape index (κ3) is 2.95. The van der Waals surface area contributed by atoms with Crippen LogP contribution in [0, 0.1) is 13.8 Å². The van der Waals surface area contributed by atoms with Crippen LogP contribution in [0.5, 0.6) is 5.75 Å². The number of rotatable bonds is 3. The first-order valence-corrected chi connectivity index (χ1v) is 10.6. The van der Waals surface area contributed by atoms with Gasteiger partial charge in [0.15, 0.2) is 5.60 Å². The minimum absolute atomic E-state index is 0.609. The molecule has 0 aromatic heterocycles. The third-order valence-corrected chi connectivity index (χ3v) is 6.45. The molecule has 2 aliphatic heterocycles. The van der Waals surface area contributed by atoms with Crippen molar-refractivity contribution in [1.82, 2.24) is 0 Å². The first-order valence-electron chi connectivity index (χ1n) is 10.6. The highest BCUT2D eigenvalue weighted by Crippen LogP contribution is 2.46. The van der Waals surface area contributed by atoms with Crippen LogP contribution in [0.25, 0.3) is 6.08 Å². The first kappa shape index (κ1) is 18.1. The zero-order valence-electron chi connectivity index (χ0n) is 17.2. The van der Waals surface area contributed by atoms with E-state index in [1.165, 1.54) is 35.2 Å². The van der Waals surface area contributed by atoms with Crippen molar-refractivity contribution in [1.29, 1.82) is 0 Å². The molecule has 2 heterocycles. The third-order valence-electron chi connectivity index (χ3n) is 6.45. The molecule has 0 spiro atoms. The molecule has 3 aromatic carbocycles. The van der Waals surface area contributed by atoms with Gasteiger partial charge in [0.2, 0.25) is 0 Å². The number of anilines is 1. The molecular formula is C27H27NO. The van der Waals surface area contributed by atoms with Crippen LogP contribution >= 0.6 is 0 Å². The van der Waals surface area contributed by atoms with Crippen LogP contribution in [0.15, 0.2) is 72.8 Å². The van der Waals surface area contributed by atoms with Gasteiger partial charge in [0.1, 0.15) is 5.75 Å². The van der Waals surface area contributed by atoms with Gasteiger partial charge in [0, 0.05) is 35.5 Å². The molecule has 0 amide bonds. The summed E-state index contributed by atoms with van der Waals surface area (Å²) in [6.07, 6.45) is 7.05. The van der Waals surface area contributed by atoms with E-state index >= 15 is 0 Å². The Morgan fingerprint density at radius 3 is 1.97 bits per heavy atom. The molecule has 0 unspecified atom stereocenters. The lowest BCUT2D eigenvalue weighted by molar-refractivity contribution is 0.159. The number of ether oxygens (including phenoxy) is 1. The highest BCUT2D eigenvalue weighted by Gasteiger charge is 2.38. The van der Waals surface area contributed by atoms with Crippen LogP contribution in [0.2, 0.25) is 0 Å².